The van der Waals surface area contributed by atoms with Gasteiger partial charge in [-0.15, -0.1) is 0 Å². The predicted octanol–water partition coefficient (Wildman–Crippen LogP) is 1.54. The molecule has 0 fully saturated rings. The van der Waals surface area contributed by atoms with E-state index in [0.717, 1.165) is 30.2 Å². The van der Waals surface area contributed by atoms with Crippen LogP contribution in [0.25, 0.3) is 0 Å². The Bertz CT molecular complexity index is 539. The molecule has 0 amide bonds. The average molecular weight is 240 g/mol. The van der Waals surface area contributed by atoms with Gasteiger partial charge in [0.15, 0.2) is 0 Å². The predicted molar refractivity (Wildman–Crippen MR) is 75.2 cm³/mol. The lowest BCUT2D eigenvalue weighted by Crippen LogP contribution is -2.44. The van der Waals surface area contributed by atoms with Crippen molar-refractivity contribution in [3.8, 4) is 0 Å². The first-order valence-corrected chi connectivity index (χ1v) is 6.22. The van der Waals surface area contributed by atoms with Crippen molar-refractivity contribution in [1.29, 1.82) is 0 Å². The zero-order valence-electron chi connectivity index (χ0n) is 11.1. The number of hydrogen-bond acceptors (Lipinski definition) is 3. The lowest BCUT2D eigenvalue weighted by molar-refractivity contribution is -0.728. The van der Waals surface area contributed by atoms with Crippen LogP contribution in [-0.2, 0) is 0 Å². The Morgan fingerprint density at radius 2 is 2.17 bits per heavy atom. The number of amidine groups is 1. The zero-order valence-corrected chi connectivity index (χ0v) is 11.1. The molecule has 5 heteroatoms. The van der Waals surface area contributed by atoms with Crippen LogP contribution in [0.3, 0.4) is 0 Å². The first-order chi connectivity index (χ1) is 8.62. The molecule has 0 N–H and O–H groups in total. The zero-order chi connectivity index (χ0) is 12.8. The number of aliphatic imine (C=N–C) groups is 2. The van der Waals surface area contributed by atoms with E-state index in [-0.39, 0.29) is 0 Å². The summed E-state index contributed by atoms with van der Waals surface area (Å²) in [5, 5.41) is 0. The van der Waals surface area contributed by atoms with Crippen molar-refractivity contribution < 1.29 is 4.48 Å². The summed E-state index contributed by atoms with van der Waals surface area (Å²) in [6.45, 7) is 2.96. The van der Waals surface area contributed by atoms with Crippen molar-refractivity contribution in [1.82, 2.24) is 4.81 Å². The topological polar surface area (TPSA) is 28.0 Å². The average Bonchev–Trinajstić information content (AvgIpc) is 2.80. The van der Waals surface area contributed by atoms with Crippen LogP contribution < -0.4 is 0 Å². The molecule has 1 spiro atoms. The molecular weight excluding hydrogens is 223 g/mol. The third-order valence-electron chi connectivity index (χ3n) is 3.48. The number of hydrogen-bond donors (Lipinski definition) is 0. The third-order valence-corrected chi connectivity index (χ3v) is 3.48. The first kappa shape index (κ1) is 11.6. The SMILES string of the molecule is CC1=C2N=C(C[B]N(C)C)C[N+]23C=CC=CC3=N1. The van der Waals surface area contributed by atoms with E-state index in [1.54, 1.807) is 0 Å². The molecule has 1 unspecified atom stereocenters. The summed E-state index contributed by atoms with van der Waals surface area (Å²) in [5.74, 6) is 2.18. The Labute approximate surface area is 109 Å². The summed E-state index contributed by atoms with van der Waals surface area (Å²) < 4.78 is 0.693. The molecule has 0 aliphatic carbocycles. The molecule has 0 saturated carbocycles. The van der Waals surface area contributed by atoms with Crippen LogP contribution in [0.2, 0.25) is 6.32 Å². The summed E-state index contributed by atoms with van der Waals surface area (Å²) in [4.78, 5) is 11.5. The van der Waals surface area contributed by atoms with Gasteiger partial charge in [0.05, 0.1) is 5.71 Å². The van der Waals surface area contributed by atoms with Gasteiger partial charge < -0.3 is 4.81 Å². The van der Waals surface area contributed by atoms with Crippen LogP contribution in [0, 0.1) is 0 Å². The van der Waals surface area contributed by atoms with Crippen molar-refractivity contribution >= 4 is 19.0 Å². The van der Waals surface area contributed by atoms with Gasteiger partial charge in [-0.3, -0.25) is 0 Å². The molecular formula is C13H17BN4+. The fraction of sp³-hybridized carbons (Fsp3) is 0.385. The minimum atomic E-state index is 0.693. The minimum Gasteiger partial charge on any atom is -0.352 e. The maximum absolute atomic E-state index is 4.79. The molecule has 3 aliphatic rings. The smallest absolute Gasteiger partial charge is 0.260 e. The van der Waals surface area contributed by atoms with Gasteiger partial charge in [-0.05, 0) is 39.5 Å². The summed E-state index contributed by atoms with van der Waals surface area (Å²) in [7, 11) is 6.25. The van der Waals surface area contributed by atoms with E-state index in [1.165, 1.54) is 5.71 Å². The van der Waals surface area contributed by atoms with E-state index in [1.807, 2.05) is 27.1 Å². The van der Waals surface area contributed by atoms with Crippen LogP contribution in [0.5, 0.6) is 0 Å². The Balaban J connectivity index is 1.88. The molecule has 91 valence electrons. The highest BCUT2D eigenvalue weighted by molar-refractivity contribution is 6.39. The summed E-state index contributed by atoms with van der Waals surface area (Å²) in [6, 6.07) is 0. The van der Waals surface area contributed by atoms with Gasteiger partial charge in [0.25, 0.3) is 5.82 Å². The quantitative estimate of drug-likeness (QED) is 0.543. The van der Waals surface area contributed by atoms with Gasteiger partial charge in [-0.25, -0.2) is 0 Å². The van der Waals surface area contributed by atoms with Crippen LogP contribution in [0.4, 0.5) is 0 Å². The number of allylic oxidation sites excluding steroid dienone is 3. The van der Waals surface area contributed by atoms with Crippen molar-refractivity contribution in [2.24, 2.45) is 9.98 Å². The minimum absolute atomic E-state index is 0.693. The fourth-order valence-electron chi connectivity index (χ4n) is 2.61. The highest BCUT2D eigenvalue weighted by Crippen LogP contribution is 2.38. The lowest BCUT2D eigenvalue weighted by atomic mass is 9.84. The van der Waals surface area contributed by atoms with Gasteiger partial charge in [-0.1, -0.05) is 0 Å². The Morgan fingerprint density at radius 1 is 1.33 bits per heavy atom. The van der Waals surface area contributed by atoms with Crippen molar-refractivity contribution in [3.05, 3.63) is 35.9 Å². The highest BCUT2D eigenvalue weighted by Gasteiger charge is 2.48. The van der Waals surface area contributed by atoms with Crippen LogP contribution >= 0.6 is 0 Å². The van der Waals surface area contributed by atoms with E-state index < -0.39 is 0 Å². The molecule has 0 aromatic heterocycles. The van der Waals surface area contributed by atoms with Gasteiger partial charge in [-0.2, -0.15) is 14.5 Å². The Kier molecular flexibility index (Phi) is 2.61. The number of quaternary nitrogens is 1. The van der Waals surface area contributed by atoms with E-state index in [2.05, 4.69) is 35.6 Å². The molecule has 1 radical (unpaired) electrons. The van der Waals surface area contributed by atoms with Crippen LogP contribution in [0.1, 0.15) is 6.92 Å². The van der Waals surface area contributed by atoms with Crippen molar-refractivity contribution in [2.75, 3.05) is 20.6 Å². The monoisotopic (exact) mass is 240 g/mol. The molecule has 0 bridgehead atoms. The maximum Gasteiger partial charge on any atom is 0.260 e. The van der Waals surface area contributed by atoms with Crippen LogP contribution in [0.15, 0.2) is 45.9 Å². The lowest BCUT2D eigenvalue weighted by Gasteiger charge is -2.26. The van der Waals surface area contributed by atoms with E-state index in [0.29, 0.717) is 4.48 Å². The second-order valence-electron chi connectivity index (χ2n) is 5.13. The van der Waals surface area contributed by atoms with E-state index >= 15 is 0 Å². The second kappa shape index (κ2) is 4.04. The molecule has 1 atom stereocenters. The summed E-state index contributed by atoms with van der Waals surface area (Å²) in [6.07, 6.45) is 9.32. The summed E-state index contributed by atoms with van der Waals surface area (Å²) >= 11 is 0. The molecule has 0 aromatic carbocycles. The molecule has 4 nitrogen and oxygen atoms in total. The summed E-state index contributed by atoms with van der Waals surface area (Å²) in [5.41, 5.74) is 2.27. The van der Waals surface area contributed by atoms with E-state index in [4.69, 9.17) is 4.99 Å². The highest BCUT2D eigenvalue weighted by atomic mass is 15.5. The van der Waals surface area contributed by atoms with Gasteiger partial charge in [0, 0.05) is 6.08 Å². The van der Waals surface area contributed by atoms with Crippen LogP contribution in [-0.4, -0.2) is 48.9 Å². The van der Waals surface area contributed by atoms with E-state index in [9.17, 15) is 0 Å². The molecule has 0 aromatic rings. The molecule has 3 heterocycles. The first-order valence-electron chi connectivity index (χ1n) is 6.22. The van der Waals surface area contributed by atoms with Gasteiger partial charge in [0.2, 0.25) is 13.3 Å². The van der Waals surface area contributed by atoms with Crippen molar-refractivity contribution in [3.63, 3.8) is 0 Å². The maximum atomic E-state index is 4.79. The third kappa shape index (κ3) is 1.62. The Morgan fingerprint density at radius 3 is 2.94 bits per heavy atom. The standard InChI is InChI=1S/C13H17BN4/c1-10-13-16-11(8-14-17(2)3)9-18(13)7-5-4-6-12(18)15-10/h4-7H,8-9H2,1-3H3/q+1. The van der Waals surface area contributed by atoms with Gasteiger partial charge >= 0.3 is 0 Å². The largest absolute Gasteiger partial charge is 0.352 e. The molecule has 0 saturated heterocycles. The molecule has 18 heavy (non-hydrogen) atoms. The Hall–Kier alpha value is -1.46. The second-order valence-corrected chi connectivity index (χ2v) is 5.13. The van der Waals surface area contributed by atoms with Gasteiger partial charge in [0.1, 0.15) is 18.4 Å². The normalized spacial score (nSPS) is 28.4. The fourth-order valence-corrected chi connectivity index (χ4v) is 2.61. The number of nitrogens with zero attached hydrogens (tertiary/aromatic N) is 4. The number of rotatable bonds is 3. The van der Waals surface area contributed by atoms with Crippen molar-refractivity contribution in [2.45, 2.75) is 13.2 Å². The molecule has 3 aliphatic heterocycles. The molecule has 3 rings (SSSR count).